The Labute approximate surface area is 127 Å². The molecule has 0 fully saturated rings. The van der Waals surface area contributed by atoms with Gasteiger partial charge in [0, 0.05) is 6.54 Å². The predicted molar refractivity (Wildman–Crippen MR) is 79.3 cm³/mol. The van der Waals surface area contributed by atoms with Gasteiger partial charge in [-0.3, -0.25) is 4.79 Å². The van der Waals surface area contributed by atoms with Crippen LogP contribution in [0.25, 0.3) is 0 Å². The molecule has 0 spiro atoms. The maximum absolute atomic E-state index is 11.8. The van der Waals surface area contributed by atoms with Gasteiger partial charge < -0.3 is 19.2 Å². The molecule has 0 bridgehead atoms. The van der Waals surface area contributed by atoms with Crippen molar-refractivity contribution in [3.05, 3.63) is 46.9 Å². The second kappa shape index (κ2) is 7.04. The summed E-state index contributed by atoms with van der Waals surface area (Å²) in [5, 5.41) is 2.96. The summed E-state index contributed by atoms with van der Waals surface area (Å²) >= 11 is 5.62. The lowest BCUT2D eigenvalue weighted by Gasteiger charge is -2.09. The van der Waals surface area contributed by atoms with E-state index in [1.54, 1.807) is 14.2 Å². The highest BCUT2D eigenvalue weighted by atomic mass is 35.5. The van der Waals surface area contributed by atoms with Gasteiger partial charge >= 0.3 is 0 Å². The fourth-order valence-corrected chi connectivity index (χ4v) is 2.03. The number of carbonyl (C=O) groups excluding carboxylic acids is 1. The standard InChI is InChI=1S/C15H16ClNO4/c1-19-11-4-3-10(9-13(11)20-2)7-8-17-15(18)12-5-6-14(16)21-12/h3-6,9H,7-8H2,1-2H3,(H,17,18). The molecule has 1 heterocycles. The summed E-state index contributed by atoms with van der Waals surface area (Å²) in [5.74, 6) is 1.25. The fourth-order valence-electron chi connectivity index (χ4n) is 1.88. The first kappa shape index (κ1) is 15.3. The lowest BCUT2D eigenvalue weighted by atomic mass is 10.1. The van der Waals surface area contributed by atoms with Gasteiger partial charge in [0.25, 0.3) is 5.91 Å². The molecule has 1 N–H and O–H groups in total. The van der Waals surface area contributed by atoms with Gasteiger partial charge in [0.05, 0.1) is 14.2 Å². The molecule has 0 unspecified atom stereocenters. The van der Waals surface area contributed by atoms with Gasteiger partial charge in [-0.2, -0.15) is 0 Å². The summed E-state index contributed by atoms with van der Waals surface area (Å²) in [7, 11) is 3.18. The van der Waals surface area contributed by atoms with Crippen molar-refractivity contribution in [2.24, 2.45) is 0 Å². The molecular formula is C15H16ClNO4. The molecule has 1 aromatic heterocycles. The van der Waals surface area contributed by atoms with Crippen LogP contribution in [0.15, 0.2) is 34.7 Å². The van der Waals surface area contributed by atoms with Crippen molar-refractivity contribution in [3.63, 3.8) is 0 Å². The van der Waals surface area contributed by atoms with Crippen molar-refractivity contribution in [3.8, 4) is 11.5 Å². The lowest BCUT2D eigenvalue weighted by molar-refractivity contribution is 0.0926. The van der Waals surface area contributed by atoms with E-state index in [1.165, 1.54) is 12.1 Å². The van der Waals surface area contributed by atoms with Crippen molar-refractivity contribution >= 4 is 17.5 Å². The quantitative estimate of drug-likeness (QED) is 0.891. The van der Waals surface area contributed by atoms with E-state index in [-0.39, 0.29) is 16.9 Å². The van der Waals surface area contributed by atoms with Crippen LogP contribution in [0.4, 0.5) is 0 Å². The molecule has 2 rings (SSSR count). The van der Waals surface area contributed by atoms with E-state index in [4.69, 9.17) is 25.5 Å². The molecular weight excluding hydrogens is 294 g/mol. The minimum absolute atomic E-state index is 0.194. The molecule has 2 aromatic rings. The van der Waals surface area contributed by atoms with E-state index in [2.05, 4.69) is 5.32 Å². The molecule has 6 heteroatoms. The maximum Gasteiger partial charge on any atom is 0.287 e. The van der Waals surface area contributed by atoms with Crippen LogP contribution in [0.1, 0.15) is 16.1 Å². The third-order valence-electron chi connectivity index (χ3n) is 2.94. The number of ether oxygens (including phenoxy) is 2. The molecule has 1 amide bonds. The van der Waals surface area contributed by atoms with Gasteiger partial charge in [-0.05, 0) is 47.9 Å². The van der Waals surface area contributed by atoms with Crippen molar-refractivity contribution < 1.29 is 18.7 Å². The Morgan fingerprint density at radius 3 is 2.57 bits per heavy atom. The molecule has 1 aromatic carbocycles. The lowest BCUT2D eigenvalue weighted by Crippen LogP contribution is -2.25. The van der Waals surface area contributed by atoms with Crippen LogP contribution in [0, 0.1) is 0 Å². The van der Waals surface area contributed by atoms with Gasteiger partial charge in [0.15, 0.2) is 22.5 Å². The SMILES string of the molecule is COc1ccc(CCNC(=O)c2ccc(Cl)o2)cc1OC. The number of halogens is 1. The highest BCUT2D eigenvalue weighted by Crippen LogP contribution is 2.27. The van der Waals surface area contributed by atoms with Crippen molar-refractivity contribution in [2.45, 2.75) is 6.42 Å². The number of nitrogens with one attached hydrogen (secondary N) is 1. The minimum Gasteiger partial charge on any atom is -0.493 e. The Kier molecular flexibility index (Phi) is 5.11. The Morgan fingerprint density at radius 1 is 1.19 bits per heavy atom. The molecule has 112 valence electrons. The van der Waals surface area contributed by atoms with Crippen LogP contribution in [0.2, 0.25) is 5.22 Å². The maximum atomic E-state index is 11.8. The van der Waals surface area contributed by atoms with E-state index in [0.717, 1.165) is 5.56 Å². The first-order valence-corrected chi connectivity index (χ1v) is 6.76. The molecule has 0 aliphatic carbocycles. The Balaban J connectivity index is 1.90. The largest absolute Gasteiger partial charge is 0.493 e. The molecule has 21 heavy (non-hydrogen) atoms. The van der Waals surface area contributed by atoms with E-state index < -0.39 is 0 Å². The first-order valence-electron chi connectivity index (χ1n) is 6.38. The molecule has 0 radical (unpaired) electrons. The normalized spacial score (nSPS) is 10.2. The summed E-state index contributed by atoms with van der Waals surface area (Å²) in [5.41, 5.74) is 1.03. The van der Waals surface area contributed by atoms with Gasteiger partial charge in [0.1, 0.15) is 0 Å². The Morgan fingerprint density at radius 2 is 1.95 bits per heavy atom. The second-order valence-electron chi connectivity index (χ2n) is 4.30. The van der Waals surface area contributed by atoms with Crippen LogP contribution in [0.3, 0.4) is 0 Å². The third kappa shape index (κ3) is 3.92. The Bertz CT molecular complexity index is 624. The van der Waals surface area contributed by atoms with Gasteiger partial charge in [-0.1, -0.05) is 6.07 Å². The molecule has 0 atom stereocenters. The number of carbonyl (C=O) groups is 1. The molecule has 5 nitrogen and oxygen atoms in total. The zero-order valence-electron chi connectivity index (χ0n) is 11.8. The van der Waals surface area contributed by atoms with E-state index in [9.17, 15) is 4.79 Å². The van der Waals surface area contributed by atoms with Gasteiger partial charge in [-0.25, -0.2) is 0 Å². The molecule has 0 aliphatic rings. The van der Waals surface area contributed by atoms with Crippen molar-refractivity contribution in [2.75, 3.05) is 20.8 Å². The van der Waals surface area contributed by atoms with Crippen LogP contribution in [-0.2, 0) is 6.42 Å². The number of rotatable bonds is 6. The zero-order valence-corrected chi connectivity index (χ0v) is 12.6. The summed E-state index contributed by atoms with van der Waals surface area (Å²) < 4.78 is 15.4. The van der Waals surface area contributed by atoms with Crippen molar-refractivity contribution in [1.29, 1.82) is 0 Å². The first-order chi connectivity index (χ1) is 10.1. The molecule has 0 saturated heterocycles. The van der Waals surface area contributed by atoms with Crippen LogP contribution >= 0.6 is 11.6 Å². The topological polar surface area (TPSA) is 60.7 Å². The number of furan rings is 1. The highest BCUT2D eigenvalue weighted by Gasteiger charge is 2.10. The van der Waals surface area contributed by atoms with Crippen LogP contribution in [0.5, 0.6) is 11.5 Å². The third-order valence-corrected chi connectivity index (χ3v) is 3.15. The van der Waals surface area contributed by atoms with Crippen molar-refractivity contribution in [1.82, 2.24) is 5.32 Å². The average molecular weight is 310 g/mol. The van der Waals surface area contributed by atoms with Crippen LogP contribution in [-0.4, -0.2) is 26.7 Å². The minimum atomic E-state index is -0.289. The molecule has 0 saturated carbocycles. The Hall–Kier alpha value is -2.14. The number of hydrogen-bond donors (Lipinski definition) is 1. The number of hydrogen-bond acceptors (Lipinski definition) is 4. The summed E-state index contributed by atoms with van der Waals surface area (Å²) in [6.07, 6.45) is 0.667. The average Bonchev–Trinajstić information content (AvgIpc) is 2.93. The smallest absolute Gasteiger partial charge is 0.287 e. The summed E-state index contributed by atoms with van der Waals surface area (Å²) in [4.78, 5) is 11.8. The van der Waals surface area contributed by atoms with Gasteiger partial charge in [-0.15, -0.1) is 0 Å². The number of methoxy groups -OCH3 is 2. The summed E-state index contributed by atoms with van der Waals surface area (Å²) in [6, 6.07) is 8.72. The van der Waals surface area contributed by atoms with E-state index >= 15 is 0 Å². The predicted octanol–water partition coefficient (Wildman–Crippen LogP) is 2.92. The highest BCUT2D eigenvalue weighted by molar-refractivity contribution is 6.29. The van der Waals surface area contributed by atoms with E-state index in [0.29, 0.717) is 24.5 Å². The fraction of sp³-hybridized carbons (Fsp3) is 0.267. The van der Waals surface area contributed by atoms with E-state index in [1.807, 2.05) is 18.2 Å². The molecule has 0 aliphatic heterocycles. The second-order valence-corrected chi connectivity index (χ2v) is 4.67. The van der Waals surface area contributed by atoms with Gasteiger partial charge in [0.2, 0.25) is 0 Å². The number of amides is 1. The summed E-state index contributed by atoms with van der Waals surface area (Å²) in [6.45, 7) is 0.479. The monoisotopic (exact) mass is 309 g/mol. The number of benzene rings is 1. The van der Waals surface area contributed by atoms with Crippen LogP contribution < -0.4 is 14.8 Å². The zero-order chi connectivity index (χ0) is 15.2.